The number of carboxylic acid groups (broad SMARTS) is 1. The smallest absolute Gasteiger partial charge is 0.311 e. The van der Waals surface area contributed by atoms with E-state index in [-0.39, 0.29) is 6.04 Å². The van der Waals surface area contributed by atoms with Crippen LogP contribution in [0, 0.1) is 19.3 Å². The summed E-state index contributed by atoms with van der Waals surface area (Å²) in [7, 11) is 2.04. The number of piperidine rings is 2. The molecule has 0 aromatic carbocycles. The molecule has 1 aromatic heterocycles. The normalized spacial score (nSPS) is 29.2. The minimum Gasteiger partial charge on any atom is -0.481 e. The topological polar surface area (TPSA) is 69.6 Å². The van der Waals surface area contributed by atoms with E-state index in [1.54, 1.807) is 0 Å². The molecule has 2 aliphatic heterocycles. The monoisotopic (exact) mass is 304 g/mol. The van der Waals surface area contributed by atoms with Crippen LogP contribution < -0.4 is 4.90 Å². The number of carboxylic acids is 1. The summed E-state index contributed by atoms with van der Waals surface area (Å²) in [5, 5.41) is 9.81. The number of nitrogens with zero attached hydrogens (tertiary/aromatic N) is 4. The summed E-state index contributed by atoms with van der Waals surface area (Å²) < 4.78 is 0. The summed E-state index contributed by atoms with van der Waals surface area (Å²) in [6.45, 7) is 6.29. The number of fused-ring (bicyclic) bond motifs is 1. The lowest BCUT2D eigenvalue weighted by Crippen LogP contribution is -2.63. The quantitative estimate of drug-likeness (QED) is 0.892. The maximum absolute atomic E-state index is 11.9. The van der Waals surface area contributed by atoms with E-state index in [2.05, 4.69) is 19.8 Å². The number of hydrogen-bond acceptors (Lipinski definition) is 5. The van der Waals surface area contributed by atoms with Crippen molar-refractivity contribution in [2.24, 2.45) is 5.41 Å². The van der Waals surface area contributed by atoms with Crippen LogP contribution in [0.15, 0.2) is 6.07 Å². The first-order chi connectivity index (χ1) is 10.4. The van der Waals surface area contributed by atoms with Crippen molar-refractivity contribution in [1.82, 2.24) is 14.9 Å². The summed E-state index contributed by atoms with van der Waals surface area (Å²) >= 11 is 0. The Balaban J connectivity index is 1.89. The first kappa shape index (κ1) is 15.2. The van der Waals surface area contributed by atoms with E-state index in [1.165, 1.54) is 0 Å². The van der Waals surface area contributed by atoms with E-state index < -0.39 is 11.4 Å². The highest BCUT2D eigenvalue weighted by Gasteiger charge is 2.52. The molecule has 6 nitrogen and oxygen atoms in total. The van der Waals surface area contributed by atoms with Crippen molar-refractivity contribution in [3.8, 4) is 0 Å². The van der Waals surface area contributed by atoms with Gasteiger partial charge in [0.15, 0.2) is 0 Å². The SMILES string of the molecule is Cc1cc(C)nc(N2CC[C@@]3(C(=O)O)CCCN(C)[C@@H]3C2)n1. The molecule has 2 aliphatic rings. The van der Waals surface area contributed by atoms with Gasteiger partial charge in [-0.05, 0) is 52.8 Å². The third kappa shape index (κ3) is 2.45. The van der Waals surface area contributed by atoms with Crippen molar-refractivity contribution in [3.63, 3.8) is 0 Å². The predicted octanol–water partition coefficient (Wildman–Crippen LogP) is 1.47. The number of hydrogen-bond donors (Lipinski definition) is 1. The van der Waals surface area contributed by atoms with Crippen molar-refractivity contribution < 1.29 is 9.90 Å². The molecule has 3 rings (SSSR count). The van der Waals surface area contributed by atoms with Crippen molar-refractivity contribution in [1.29, 1.82) is 0 Å². The fourth-order valence-corrected chi connectivity index (χ4v) is 4.02. The van der Waals surface area contributed by atoms with E-state index in [9.17, 15) is 9.90 Å². The Morgan fingerprint density at radius 3 is 2.59 bits per heavy atom. The minimum atomic E-state index is -0.648. The lowest BCUT2D eigenvalue weighted by molar-refractivity contribution is -0.158. The zero-order chi connectivity index (χ0) is 15.9. The van der Waals surface area contributed by atoms with E-state index in [0.29, 0.717) is 19.5 Å². The van der Waals surface area contributed by atoms with Crippen LogP contribution in [0.3, 0.4) is 0 Å². The summed E-state index contributed by atoms with van der Waals surface area (Å²) in [5.74, 6) is 0.0838. The fourth-order valence-electron chi connectivity index (χ4n) is 4.02. The van der Waals surface area contributed by atoms with Crippen LogP contribution in [0.2, 0.25) is 0 Å². The van der Waals surface area contributed by atoms with Crippen molar-refractivity contribution in [2.75, 3.05) is 31.6 Å². The fraction of sp³-hybridized carbons (Fsp3) is 0.688. The molecule has 2 fully saturated rings. The highest BCUT2D eigenvalue weighted by molar-refractivity contribution is 5.76. The van der Waals surface area contributed by atoms with Crippen LogP contribution >= 0.6 is 0 Å². The number of aromatic nitrogens is 2. The van der Waals surface area contributed by atoms with Gasteiger partial charge < -0.3 is 14.9 Å². The molecule has 2 atom stereocenters. The predicted molar refractivity (Wildman–Crippen MR) is 84.1 cm³/mol. The standard InChI is InChI=1S/C16H24N4O2/c1-11-9-12(2)18-15(17-11)20-8-6-16(14(21)22)5-4-7-19(3)13(16)10-20/h9,13H,4-8,10H2,1-3H3,(H,21,22)/t13-,16+/m1/s1. The van der Waals surface area contributed by atoms with E-state index in [4.69, 9.17) is 0 Å². The Morgan fingerprint density at radius 1 is 1.27 bits per heavy atom. The van der Waals surface area contributed by atoms with Crippen molar-refractivity contribution in [2.45, 2.75) is 39.2 Å². The second-order valence-electron chi connectivity index (χ2n) is 6.71. The molecule has 0 spiro atoms. The third-order valence-corrected chi connectivity index (χ3v) is 5.20. The van der Waals surface area contributed by atoms with Gasteiger partial charge in [0.2, 0.25) is 5.95 Å². The molecule has 0 unspecified atom stereocenters. The molecule has 2 saturated heterocycles. The molecule has 6 heteroatoms. The van der Waals surface area contributed by atoms with Gasteiger partial charge in [-0.3, -0.25) is 4.79 Å². The molecule has 120 valence electrons. The Kier molecular flexibility index (Phi) is 3.80. The van der Waals surface area contributed by atoms with Gasteiger partial charge in [-0.1, -0.05) is 0 Å². The molecule has 0 aliphatic carbocycles. The molecule has 3 heterocycles. The first-order valence-electron chi connectivity index (χ1n) is 7.93. The molecular formula is C16H24N4O2. The number of likely N-dealkylation sites (tertiary alicyclic amines) is 1. The lowest BCUT2D eigenvalue weighted by Gasteiger charge is -2.51. The van der Waals surface area contributed by atoms with Gasteiger partial charge in [-0.2, -0.15) is 0 Å². The molecule has 22 heavy (non-hydrogen) atoms. The highest BCUT2D eigenvalue weighted by Crippen LogP contribution is 2.42. The maximum atomic E-state index is 11.9. The number of aliphatic carboxylic acids is 1. The van der Waals surface area contributed by atoms with Gasteiger partial charge in [-0.25, -0.2) is 9.97 Å². The summed E-state index contributed by atoms with van der Waals surface area (Å²) in [4.78, 5) is 25.4. The zero-order valence-corrected chi connectivity index (χ0v) is 13.5. The Bertz CT molecular complexity index is 571. The Labute approximate surface area is 131 Å². The van der Waals surface area contributed by atoms with Crippen LogP contribution in [0.5, 0.6) is 0 Å². The van der Waals surface area contributed by atoms with Crippen LogP contribution in [-0.4, -0.2) is 58.7 Å². The number of likely N-dealkylation sites (N-methyl/N-ethyl adjacent to an activating group) is 1. The van der Waals surface area contributed by atoms with Crippen molar-refractivity contribution in [3.05, 3.63) is 17.5 Å². The van der Waals surface area contributed by atoms with Gasteiger partial charge in [0.1, 0.15) is 0 Å². The molecule has 0 saturated carbocycles. The average Bonchev–Trinajstić information content (AvgIpc) is 2.46. The molecular weight excluding hydrogens is 280 g/mol. The summed E-state index contributed by atoms with van der Waals surface area (Å²) in [6.07, 6.45) is 2.39. The number of rotatable bonds is 2. The maximum Gasteiger partial charge on any atom is 0.311 e. The van der Waals surface area contributed by atoms with Gasteiger partial charge in [0, 0.05) is 30.5 Å². The average molecular weight is 304 g/mol. The molecule has 0 amide bonds. The largest absolute Gasteiger partial charge is 0.481 e. The van der Waals surface area contributed by atoms with Gasteiger partial charge in [-0.15, -0.1) is 0 Å². The lowest BCUT2D eigenvalue weighted by atomic mass is 9.68. The summed E-state index contributed by atoms with van der Waals surface area (Å²) in [6, 6.07) is 1.98. The molecule has 0 bridgehead atoms. The van der Waals surface area contributed by atoms with E-state index in [0.717, 1.165) is 36.7 Å². The Hall–Kier alpha value is -1.69. The number of aryl methyl sites for hydroxylation is 2. The second-order valence-corrected chi connectivity index (χ2v) is 6.71. The van der Waals surface area contributed by atoms with Crippen LogP contribution in [0.25, 0.3) is 0 Å². The number of anilines is 1. The molecule has 1 N–H and O–H groups in total. The van der Waals surface area contributed by atoms with E-state index >= 15 is 0 Å². The highest BCUT2D eigenvalue weighted by atomic mass is 16.4. The minimum absolute atomic E-state index is 0.0249. The third-order valence-electron chi connectivity index (χ3n) is 5.20. The second kappa shape index (κ2) is 5.50. The van der Waals surface area contributed by atoms with Gasteiger partial charge in [0.25, 0.3) is 0 Å². The van der Waals surface area contributed by atoms with Crippen LogP contribution in [-0.2, 0) is 4.79 Å². The van der Waals surface area contributed by atoms with Crippen molar-refractivity contribution >= 4 is 11.9 Å². The van der Waals surface area contributed by atoms with E-state index in [1.807, 2.05) is 27.0 Å². The Morgan fingerprint density at radius 2 is 1.95 bits per heavy atom. The molecule has 0 radical (unpaired) electrons. The number of carbonyl (C=O) groups is 1. The van der Waals surface area contributed by atoms with Gasteiger partial charge >= 0.3 is 5.97 Å². The zero-order valence-electron chi connectivity index (χ0n) is 13.5. The first-order valence-corrected chi connectivity index (χ1v) is 7.93. The summed E-state index contributed by atoms with van der Waals surface area (Å²) in [5.41, 5.74) is 1.30. The van der Waals surface area contributed by atoms with Crippen LogP contribution in [0.1, 0.15) is 30.7 Å². The van der Waals surface area contributed by atoms with Gasteiger partial charge in [0.05, 0.1) is 5.41 Å². The molecule has 1 aromatic rings. The van der Waals surface area contributed by atoms with Crippen LogP contribution in [0.4, 0.5) is 5.95 Å².